The maximum atomic E-state index is 11.5. The number of hydrogen-bond donors (Lipinski definition) is 1. The van der Waals surface area contributed by atoms with E-state index in [1.165, 1.54) is 6.26 Å². The molecule has 1 saturated heterocycles. The molecule has 0 radical (unpaired) electrons. The van der Waals surface area contributed by atoms with Crippen LogP contribution in [0.5, 0.6) is 0 Å². The molecule has 0 atom stereocenters. The van der Waals surface area contributed by atoms with Crippen LogP contribution in [-0.4, -0.2) is 70.2 Å². The van der Waals surface area contributed by atoms with Crippen LogP contribution in [-0.2, 0) is 14.8 Å². The molecule has 1 fully saturated rings. The Morgan fingerprint density at radius 2 is 1.88 bits per heavy atom. The summed E-state index contributed by atoms with van der Waals surface area (Å²) in [4.78, 5) is 15.1. The number of amides is 1. The molecule has 1 amide bonds. The van der Waals surface area contributed by atoms with E-state index in [1.807, 2.05) is 0 Å². The van der Waals surface area contributed by atoms with Gasteiger partial charge in [-0.3, -0.25) is 9.69 Å². The molecule has 1 aliphatic rings. The minimum Gasteiger partial charge on any atom is -0.348 e. The molecule has 0 saturated carbocycles. The lowest BCUT2D eigenvalue weighted by Gasteiger charge is -2.31. The molecule has 1 N–H and O–H groups in total. The highest BCUT2D eigenvalue weighted by molar-refractivity contribution is 7.88. The van der Waals surface area contributed by atoms with Crippen molar-refractivity contribution in [3.05, 3.63) is 0 Å². The normalized spacial score (nSPS) is 19.2. The van der Waals surface area contributed by atoms with Crippen molar-refractivity contribution in [1.29, 1.82) is 0 Å². The van der Waals surface area contributed by atoms with E-state index >= 15 is 0 Å². The zero-order valence-electron chi connectivity index (χ0n) is 10.6. The van der Waals surface area contributed by atoms with Gasteiger partial charge in [-0.1, -0.05) is 0 Å². The van der Waals surface area contributed by atoms with Crippen LogP contribution in [0.25, 0.3) is 0 Å². The minimum absolute atomic E-state index is 0.00991. The molecule has 100 valence electrons. The number of carbonyl (C=O) groups excluding carboxylic acids is 1. The third kappa shape index (κ3) is 5.47. The van der Waals surface area contributed by atoms with Crippen LogP contribution in [0.4, 0.5) is 0 Å². The van der Waals surface area contributed by atoms with Crippen LogP contribution in [0.15, 0.2) is 0 Å². The third-order valence-corrected chi connectivity index (χ3v) is 3.59. The van der Waals surface area contributed by atoms with Crippen molar-refractivity contribution in [2.24, 2.45) is 0 Å². The molecule has 0 spiro atoms. The van der Waals surface area contributed by atoms with Gasteiger partial charge in [0.2, 0.25) is 15.9 Å². The average molecular weight is 263 g/mol. The summed E-state index contributed by atoms with van der Waals surface area (Å²) in [7, 11) is 0.351. The third-order valence-electron chi connectivity index (χ3n) is 2.83. The van der Waals surface area contributed by atoms with Gasteiger partial charge in [-0.15, -0.1) is 0 Å². The smallest absolute Gasteiger partial charge is 0.236 e. The van der Waals surface area contributed by atoms with Crippen molar-refractivity contribution >= 4 is 15.9 Å². The Morgan fingerprint density at radius 1 is 1.35 bits per heavy atom. The quantitative estimate of drug-likeness (QED) is 0.713. The van der Waals surface area contributed by atoms with E-state index in [2.05, 4.69) is 9.62 Å². The first-order chi connectivity index (χ1) is 7.78. The molecule has 17 heavy (non-hydrogen) atoms. The number of carbonyl (C=O) groups is 1. The highest BCUT2D eigenvalue weighted by atomic mass is 32.2. The molecule has 6 nitrogen and oxygen atoms in total. The first-order valence-corrected chi connectivity index (χ1v) is 7.57. The predicted octanol–water partition coefficient (Wildman–Crippen LogP) is -0.912. The molecule has 0 bridgehead atoms. The zero-order valence-corrected chi connectivity index (χ0v) is 11.5. The average Bonchev–Trinajstić information content (AvgIpc) is 2.18. The van der Waals surface area contributed by atoms with Gasteiger partial charge in [-0.2, -0.15) is 0 Å². The summed E-state index contributed by atoms with van der Waals surface area (Å²) in [6.45, 7) is 1.93. The number of nitrogens with zero attached hydrogens (tertiary/aromatic N) is 2. The number of piperidine rings is 1. The van der Waals surface area contributed by atoms with Gasteiger partial charge in [0.15, 0.2) is 0 Å². The molecule has 0 unspecified atom stereocenters. The van der Waals surface area contributed by atoms with E-state index < -0.39 is 10.0 Å². The largest absolute Gasteiger partial charge is 0.348 e. The minimum atomic E-state index is -3.12. The van der Waals surface area contributed by atoms with Gasteiger partial charge in [-0.25, -0.2) is 13.1 Å². The second-order valence-corrected chi connectivity index (χ2v) is 6.51. The van der Waals surface area contributed by atoms with E-state index in [0.29, 0.717) is 6.54 Å². The first-order valence-electron chi connectivity index (χ1n) is 5.68. The maximum Gasteiger partial charge on any atom is 0.236 e. The number of hydrogen-bond acceptors (Lipinski definition) is 4. The van der Waals surface area contributed by atoms with E-state index in [4.69, 9.17) is 0 Å². The highest BCUT2D eigenvalue weighted by Crippen LogP contribution is 2.10. The molecule has 1 aliphatic heterocycles. The second kappa shape index (κ2) is 5.79. The van der Waals surface area contributed by atoms with E-state index in [9.17, 15) is 13.2 Å². The monoisotopic (exact) mass is 263 g/mol. The molecule has 0 aromatic carbocycles. The Kier molecular flexibility index (Phi) is 4.91. The number of nitrogens with one attached hydrogen (secondary N) is 1. The van der Waals surface area contributed by atoms with E-state index in [1.54, 1.807) is 19.0 Å². The molecule has 1 heterocycles. The van der Waals surface area contributed by atoms with Gasteiger partial charge < -0.3 is 4.90 Å². The van der Waals surface area contributed by atoms with Crippen molar-refractivity contribution in [3.63, 3.8) is 0 Å². The number of rotatable bonds is 4. The van der Waals surface area contributed by atoms with Gasteiger partial charge in [-0.05, 0) is 12.8 Å². The van der Waals surface area contributed by atoms with Crippen LogP contribution in [0, 0.1) is 0 Å². The SMILES string of the molecule is CN(C)C(=O)CN1CCC(NS(C)(=O)=O)CC1. The van der Waals surface area contributed by atoms with E-state index in [0.717, 1.165) is 25.9 Å². The van der Waals surface area contributed by atoms with Gasteiger partial charge in [0.25, 0.3) is 0 Å². The fourth-order valence-electron chi connectivity index (χ4n) is 1.84. The summed E-state index contributed by atoms with van der Waals surface area (Å²) < 4.78 is 24.7. The Hall–Kier alpha value is -0.660. The van der Waals surface area contributed by atoms with Crippen LogP contribution in [0.1, 0.15) is 12.8 Å². The van der Waals surface area contributed by atoms with Crippen LogP contribution < -0.4 is 4.72 Å². The molecular weight excluding hydrogens is 242 g/mol. The summed E-state index contributed by atoms with van der Waals surface area (Å²) in [6.07, 6.45) is 2.69. The fraction of sp³-hybridized carbons (Fsp3) is 0.900. The Bertz CT molecular complexity index is 359. The Balaban J connectivity index is 2.34. The lowest BCUT2D eigenvalue weighted by molar-refractivity contribution is -0.130. The van der Waals surface area contributed by atoms with Crippen LogP contribution in [0.3, 0.4) is 0 Å². The zero-order chi connectivity index (χ0) is 13.1. The van der Waals surface area contributed by atoms with Gasteiger partial charge >= 0.3 is 0 Å². The van der Waals surface area contributed by atoms with Crippen LogP contribution in [0.2, 0.25) is 0 Å². The Morgan fingerprint density at radius 3 is 2.29 bits per heavy atom. The molecular formula is C10H21N3O3S. The molecule has 0 aromatic rings. The van der Waals surface area contributed by atoms with Crippen molar-refractivity contribution in [1.82, 2.24) is 14.5 Å². The highest BCUT2D eigenvalue weighted by Gasteiger charge is 2.23. The number of likely N-dealkylation sites (N-methyl/N-ethyl adjacent to an activating group) is 1. The Labute approximate surface area is 103 Å². The standard InChI is InChI=1S/C10H21N3O3S/c1-12(2)10(14)8-13-6-4-9(5-7-13)11-17(3,15)16/h9,11H,4-8H2,1-3H3. The molecule has 7 heteroatoms. The van der Waals surface area contributed by atoms with E-state index in [-0.39, 0.29) is 11.9 Å². The number of sulfonamides is 1. The maximum absolute atomic E-state index is 11.5. The number of likely N-dealkylation sites (tertiary alicyclic amines) is 1. The fourth-order valence-corrected chi connectivity index (χ4v) is 2.69. The summed E-state index contributed by atoms with van der Waals surface area (Å²) in [5, 5.41) is 0. The summed E-state index contributed by atoms with van der Waals surface area (Å²) >= 11 is 0. The van der Waals surface area contributed by atoms with Crippen LogP contribution >= 0.6 is 0 Å². The second-order valence-electron chi connectivity index (χ2n) is 4.73. The summed E-state index contributed by atoms with van der Waals surface area (Å²) in [6, 6.07) is 0.00991. The topological polar surface area (TPSA) is 69.7 Å². The van der Waals surface area contributed by atoms with Gasteiger partial charge in [0.1, 0.15) is 0 Å². The molecule has 0 aromatic heterocycles. The summed E-state index contributed by atoms with van der Waals surface area (Å²) in [5.41, 5.74) is 0. The molecule has 0 aliphatic carbocycles. The van der Waals surface area contributed by atoms with Crippen molar-refractivity contribution < 1.29 is 13.2 Å². The van der Waals surface area contributed by atoms with Gasteiger partial charge in [0, 0.05) is 33.2 Å². The van der Waals surface area contributed by atoms with Crippen molar-refractivity contribution in [2.45, 2.75) is 18.9 Å². The van der Waals surface area contributed by atoms with Crippen molar-refractivity contribution in [3.8, 4) is 0 Å². The lowest BCUT2D eigenvalue weighted by Crippen LogP contribution is -2.47. The predicted molar refractivity (Wildman–Crippen MR) is 66.1 cm³/mol. The molecule has 1 rings (SSSR count). The lowest BCUT2D eigenvalue weighted by atomic mass is 10.1. The van der Waals surface area contributed by atoms with Gasteiger partial charge in [0.05, 0.1) is 12.8 Å². The first kappa shape index (κ1) is 14.4. The summed E-state index contributed by atoms with van der Waals surface area (Å²) in [5.74, 6) is 0.0829. The van der Waals surface area contributed by atoms with Crippen molar-refractivity contribution in [2.75, 3.05) is 40.0 Å².